The summed E-state index contributed by atoms with van der Waals surface area (Å²) >= 11 is 6.06. The summed E-state index contributed by atoms with van der Waals surface area (Å²) < 4.78 is 13.9. The lowest BCUT2D eigenvalue weighted by Crippen LogP contribution is -2.46. The average molecular weight is 419 g/mol. The highest BCUT2D eigenvalue weighted by Crippen LogP contribution is 2.21. The summed E-state index contributed by atoms with van der Waals surface area (Å²) in [6, 6.07) is 12.5. The summed E-state index contributed by atoms with van der Waals surface area (Å²) in [4.78, 5) is 18.9. The number of anilines is 2. The molecule has 0 unspecified atom stereocenters. The molecular weight excluding hydrogens is 391 g/mol. The number of amides is 1. The summed E-state index contributed by atoms with van der Waals surface area (Å²) in [6.45, 7) is 7.88. The first kappa shape index (κ1) is 21.6. The Morgan fingerprint density at radius 3 is 2.45 bits per heavy atom. The molecule has 0 atom stereocenters. The number of piperazine rings is 1. The quantitative estimate of drug-likeness (QED) is 0.744. The lowest BCUT2D eigenvalue weighted by Gasteiger charge is -2.35. The first-order chi connectivity index (χ1) is 14.0. The van der Waals surface area contributed by atoms with Crippen molar-refractivity contribution in [2.75, 3.05) is 56.5 Å². The monoisotopic (exact) mass is 418 g/mol. The Morgan fingerprint density at radius 2 is 1.83 bits per heavy atom. The zero-order chi connectivity index (χ0) is 20.8. The summed E-state index contributed by atoms with van der Waals surface area (Å²) in [5.41, 5.74) is 2.32. The van der Waals surface area contributed by atoms with Gasteiger partial charge in [-0.25, -0.2) is 4.39 Å². The van der Waals surface area contributed by atoms with E-state index in [0.717, 1.165) is 38.4 Å². The zero-order valence-corrected chi connectivity index (χ0v) is 17.8. The van der Waals surface area contributed by atoms with Gasteiger partial charge in [0.05, 0.1) is 6.54 Å². The highest BCUT2D eigenvalue weighted by Gasteiger charge is 2.16. The second-order valence-electron chi connectivity index (χ2n) is 7.39. The van der Waals surface area contributed by atoms with Crippen molar-refractivity contribution in [3.63, 3.8) is 0 Å². The van der Waals surface area contributed by atoms with Gasteiger partial charge in [-0.3, -0.25) is 9.69 Å². The number of hydrogen-bond acceptors (Lipinski definition) is 4. The maximum atomic E-state index is 13.9. The van der Waals surface area contributed by atoms with Crippen LogP contribution in [0.5, 0.6) is 0 Å². The van der Waals surface area contributed by atoms with Crippen LogP contribution in [0.2, 0.25) is 5.02 Å². The van der Waals surface area contributed by atoms with Crippen LogP contribution >= 0.6 is 11.6 Å². The number of benzene rings is 2. The number of carbonyl (C=O) groups is 1. The van der Waals surface area contributed by atoms with Crippen LogP contribution in [0.3, 0.4) is 0 Å². The third-order valence-corrected chi connectivity index (χ3v) is 5.59. The molecule has 2 aromatic rings. The predicted molar refractivity (Wildman–Crippen MR) is 117 cm³/mol. The molecule has 1 amide bonds. The van der Waals surface area contributed by atoms with Gasteiger partial charge in [0.25, 0.3) is 0 Å². The molecule has 5 nitrogen and oxygen atoms in total. The minimum absolute atomic E-state index is 0.144. The minimum Gasteiger partial charge on any atom is -0.369 e. The molecule has 1 fully saturated rings. The van der Waals surface area contributed by atoms with Crippen LogP contribution in [0.15, 0.2) is 42.5 Å². The Hall–Kier alpha value is -2.15. The van der Waals surface area contributed by atoms with E-state index < -0.39 is 0 Å². The van der Waals surface area contributed by atoms with Crippen LogP contribution < -0.4 is 10.2 Å². The molecule has 29 heavy (non-hydrogen) atoms. The smallest absolute Gasteiger partial charge is 0.238 e. The van der Waals surface area contributed by atoms with E-state index >= 15 is 0 Å². The number of halogens is 2. The van der Waals surface area contributed by atoms with Crippen molar-refractivity contribution in [2.24, 2.45) is 0 Å². The van der Waals surface area contributed by atoms with E-state index in [4.69, 9.17) is 11.6 Å². The van der Waals surface area contributed by atoms with E-state index in [1.54, 1.807) is 24.1 Å². The standard InChI is InChI=1S/C22H28ClFN4O/c1-3-27-11-13-28(14-12-27)18-9-7-17(8-10-18)25-22(29)16-26(2)15-19-20(23)5-4-6-21(19)24/h4-10H,3,11-16H2,1-2H3,(H,25,29). The maximum absolute atomic E-state index is 13.9. The van der Waals surface area contributed by atoms with E-state index in [-0.39, 0.29) is 24.8 Å². The van der Waals surface area contributed by atoms with Crippen LogP contribution in [0, 0.1) is 5.82 Å². The van der Waals surface area contributed by atoms with Gasteiger partial charge in [-0.2, -0.15) is 0 Å². The van der Waals surface area contributed by atoms with E-state index in [1.807, 2.05) is 24.3 Å². The Kier molecular flexibility index (Phi) is 7.47. The number of carbonyl (C=O) groups excluding carboxylic acids is 1. The van der Waals surface area contributed by atoms with Crippen molar-refractivity contribution in [1.29, 1.82) is 0 Å². The van der Waals surface area contributed by atoms with E-state index in [1.165, 1.54) is 11.8 Å². The molecular formula is C22H28ClFN4O. The molecule has 3 rings (SSSR count). The van der Waals surface area contributed by atoms with Gasteiger partial charge in [0.15, 0.2) is 0 Å². The Balaban J connectivity index is 1.50. The predicted octanol–water partition coefficient (Wildman–Crippen LogP) is 3.69. The lowest BCUT2D eigenvalue weighted by atomic mass is 10.2. The number of likely N-dealkylation sites (N-methyl/N-ethyl adjacent to an activating group) is 2. The Bertz CT molecular complexity index is 802. The summed E-state index contributed by atoms with van der Waals surface area (Å²) in [5.74, 6) is -0.510. The third-order valence-electron chi connectivity index (χ3n) is 5.24. The summed E-state index contributed by atoms with van der Waals surface area (Å²) in [5, 5.41) is 3.27. The molecule has 156 valence electrons. The molecule has 1 aliphatic rings. The van der Waals surface area contributed by atoms with Gasteiger partial charge >= 0.3 is 0 Å². The van der Waals surface area contributed by atoms with Crippen LogP contribution in [-0.4, -0.2) is 62.0 Å². The normalized spacial score (nSPS) is 15.0. The minimum atomic E-state index is -0.361. The second-order valence-corrected chi connectivity index (χ2v) is 7.80. The summed E-state index contributed by atoms with van der Waals surface area (Å²) in [6.07, 6.45) is 0. The van der Waals surface area contributed by atoms with Gasteiger partial charge in [0, 0.05) is 54.7 Å². The van der Waals surface area contributed by atoms with Gasteiger partial charge in [-0.15, -0.1) is 0 Å². The van der Waals surface area contributed by atoms with E-state index in [0.29, 0.717) is 10.6 Å². The van der Waals surface area contributed by atoms with Gasteiger partial charge < -0.3 is 15.1 Å². The van der Waals surface area contributed by atoms with Crippen molar-refractivity contribution in [3.05, 3.63) is 58.9 Å². The van der Waals surface area contributed by atoms with Crippen molar-refractivity contribution >= 4 is 28.9 Å². The topological polar surface area (TPSA) is 38.8 Å². The molecule has 7 heteroatoms. The first-order valence-electron chi connectivity index (χ1n) is 9.95. The fourth-order valence-corrected chi connectivity index (χ4v) is 3.76. The Morgan fingerprint density at radius 1 is 1.14 bits per heavy atom. The highest BCUT2D eigenvalue weighted by atomic mass is 35.5. The molecule has 1 aliphatic heterocycles. The lowest BCUT2D eigenvalue weighted by molar-refractivity contribution is -0.117. The van der Waals surface area contributed by atoms with Gasteiger partial charge in [0.2, 0.25) is 5.91 Å². The molecule has 0 aliphatic carbocycles. The van der Waals surface area contributed by atoms with Crippen molar-refractivity contribution in [1.82, 2.24) is 9.80 Å². The number of hydrogen-bond donors (Lipinski definition) is 1. The number of nitrogens with zero attached hydrogens (tertiary/aromatic N) is 3. The molecule has 1 heterocycles. The van der Waals surface area contributed by atoms with Gasteiger partial charge in [-0.05, 0) is 50.0 Å². The maximum Gasteiger partial charge on any atom is 0.238 e. The van der Waals surface area contributed by atoms with Gasteiger partial charge in [-0.1, -0.05) is 24.6 Å². The SMILES string of the molecule is CCN1CCN(c2ccc(NC(=O)CN(C)Cc3c(F)cccc3Cl)cc2)CC1. The third kappa shape index (κ3) is 5.92. The van der Waals surface area contributed by atoms with Gasteiger partial charge in [0.1, 0.15) is 5.82 Å². The van der Waals surface area contributed by atoms with E-state index in [9.17, 15) is 9.18 Å². The highest BCUT2D eigenvalue weighted by molar-refractivity contribution is 6.31. The Labute approximate surface area is 177 Å². The van der Waals surface area contributed by atoms with Crippen LogP contribution in [0.1, 0.15) is 12.5 Å². The molecule has 2 aromatic carbocycles. The van der Waals surface area contributed by atoms with Crippen molar-refractivity contribution < 1.29 is 9.18 Å². The van der Waals surface area contributed by atoms with E-state index in [2.05, 4.69) is 22.0 Å². The molecule has 0 radical (unpaired) electrons. The molecule has 0 bridgehead atoms. The number of rotatable bonds is 7. The number of nitrogens with one attached hydrogen (secondary N) is 1. The first-order valence-corrected chi connectivity index (χ1v) is 10.3. The molecule has 1 saturated heterocycles. The largest absolute Gasteiger partial charge is 0.369 e. The van der Waals surface area contributed by atoms with Crippen molar-refractivity contribution in [2.45, 2.75) is 13.5 Å². The van der Waals surface area contributed by atoms with Crippen molar-refractivity contribution in [3.8, 4) is 0 Å². The second kappa shape index (κ2) is 10.1. The summed E-state index contributed by atoms with van der Waals surface area (Å²) in [7, 11) is 1.77. The zero-order valence-electron chi connectivity index (χ0n) is 17.0. The molecule has 0 spiro atoms. The molecule has 1 N–H and O–H groups in total. The van der Waals surface area contributed by atoms with Crippen LogP contribution in [0.4, 0.5) is 15.8 Å². The van der Waals surface area contributed by atoms with Crippen LogP contribution in [-0.2, 0) is 11.3 Å². The average Bonchev–Trinajstić information content (AvgIpc) is 2.71. The molecule has 0 aromatic heterocycles. The fraction of sp³-hybridized carbons (Fsp3) is 0.409. The van der Waals surface area contributed by atoms with Crippen LogP contribution in [0.25, 0.3) is 0 Å². The fourth-order valence-electron chi connectivity index (χ4n) is 3.53. The molecule has 0 saturated carbocycles.